The van der Waals surface area contributed by atoms with Gasteiger partial charge in [0.05, 0.1) is 5.56 Å². The van der Waals surface area contributed by atoms with E-state index in [1.54, 1.807) is 12.1 Å². The first-order valence-corrected chi connectivity index (χ1v) is 10.9. The van der Waals surface area contributed by atoms with Crippen molar-refractivity contribution in [1.82, 2.24) is 0 Å². The van der Waals surface area contributed by atoms with E-state index in [1.807, 2.05) is 6.08 Å². The molecule has 0 N–H and O–H groups in total. The second kappa shape index (κ2) is 10.8. The molecule has 3 rings (SSSR count). The standard InChI is InChI=1S/C25H25F5O3/c1-2-3-16-4-6-17(7-5-16)8-9-18-10-12-19(13-11-18)24(31)32-20-14-21(26)23(22(27)15-20)33-25(28,29)30/h8-17H,2-7H2,1H3. The van der Waals surface area contributed by atoms with Gasteiger partial charge in [-0.25, -0.2) is 13.6 Å². The van der Waals surface area contributed by atoms with Crippen molar-refractivity contribution in [2.75, 3.05) is 0 Å². The third-order valence-electron chi connectivity index (χ3n) is 5.70. The Kier molecular flexibility index (Phi) is 8.10. The molecule has 8 heteroatoms. The van der Waals surface area contributed by atoms with Crippen molar-refractivity contribution in [2.24, 2.45) is 11.8 Å². The van der Waals surface area contributed by atoms with Gasteiger partial charge in [-0.15, -0.1) is 13.2 Å². The fraction of sp³-hybridized carbons (Fsp3) is 0.400. The maximum atomic E-state index is 13.8. The van der Waals surface area contributed by atoms with Crippen molar-refractivity contribution in [1.29, 1.82) is 0 Å². The van der Waals surface area contributed by atoms with Crippen LogP contribution in [-0.4, -0.2) is 12.3 Å². The summed E-state index contributed by atoms with van der Waals surface area (Å²) in [6, 6.07) is 7.36. The molecule has 0 amide bonds. The van der Waals surface area contributed by atoms with Gasteiger partial charge in [0.15, 0.2) is 11.6 Å². The largest absolute Gasteiger partial charge is 0.573 e. The molecular weight excluding hydrogens is 443 g/mol. The minimum atomic E-state index is -5.26. The van der Waals surface area contributed by atoms with Crippen LogP contribution in [0.25, 0.3) is 6.08 Å². The van der Waals surface area contributed by atoms with Crippen LogP contribution in [0.5, 0.6) is 11.5 Å². The average molecular weight is 468 g/mol. The second-order valence-electron chi connectivity index (χ2n) is 8.20. The van der Waals surface area contributed by atoms with Crippen molar-refractivity contribution in [3.63, 3.8) is 0 Å². The summed E-state index contributed by atoms with van der Waals surface area (Å²) < 4.78 is 72.4. The van der Waals surface area contributed by atoms with Crippen molar-refractivity contribution in [3.05, 3.63) is 65.2 Å². The minimum absolute atomic E-state index is 0.128. The Bertz CT molecular complexity index is 952. The highest BCUT2D eigenvalue weighted by Gasteiger charge is 2.34. The van der Waals surface area contributed by atoms with Crippen LogP contribution in [-0.2, 0) is 0 Å². The van der Waals surface area contributed by atoms with Gasteiger partial charge in [-0.05, 0) is 55.2 Å². The van der Waals surface area contributed by atoms with Crippen LogP contribution in [0.2, 0.25) is 0 Å². The molecule has 0 bridgehead atoms. The Balaban J connectivity index is 1.58. The molecule has 0 aliphatic heterocycles. The van der Waals surface area contributed by atoms with E-state index in [1.165, 1.54) is 50.7 Å². The lowest BCUT2D eigenvalue weighted by Crippen LogP contribution is -2.19. The molecule has 1 aliphatic carbocycles. The number of halogens is 5. The number of rotatable bonds is 7. The van der Waals surface area contributed by atoms with Crippen molar-refractivity contribution in [3.8, 4) is 11.5 Å². The summed E-state index contributed by atoms with van der Waals surface area (Å²) in [6.07, 6.45) is 6.29. The van der Waals surface area contributed by atoms with E-state index in [0.29, 0.717) is 18.1 Å². The van der Waals surface area contributed by atoms with Gasteiger partial charge in [-0.3, -0.25) is 0 Å². The van der Waals surface area contributed by atoms with E-state index in [0.717, 1.165) is 11.5 Å². The molecule has 0 saturated heterocycles. The Hall–Kier alpha value is -2.90. The summed E-state index contributed by atoms with van der Waals surface area (Å²) in [5.74, 6) is -5.00. The minimum Gasteiger partial charge on any atom is -0.423 e. The number of hydrogen-bond acceptors (Lipinski definition) is 3. The third kappa shape index (κ3) is 7.30. The van der Waals surface area contributed by atoms with Crippen LogP contribution in [0.1, 0.15) is 61.4 Å². The molecule has 0 spiro atoms. The Labute approximate surface area is 189 Å². The van der Waals surface area contributed by atoms with E-state index >= 15 is 0 Å². The number of esters is 1. The second-order valence-corrected chi connectivity index (χ2v) is 8.20. The predicted octanol–water partition coefficient (Wildman–Crippen LogP) is 7.70. The molecule has 2 aromatic carbocycles. The lowest BCUT2D eigenvalue weighted by Gasteiger charge is -2.26. The molecule has 0 aromatic heterocycles. The van der Waals surface area contributed by atoms with Crippen LogP contribution >= 0.6 is 0 Å². The molecule has 1 saturated carbocycles. The van der Waals surface area contributed by atoms with Gasteiger partial charge in [-0.1, -0.05) is 44.1 Å². The summed E-state index contributed by atoms with van der Waals surface area (Å²) in [7, 11) is 0. The highest BCUT2D eigenvalue weighted by molar-refractivity contribution is 5.91. The summed E-state index contributed by atoms with van der Waals surface area (Å²) in [4.78, 5) is 12.3. The molecule has 33 heavy (non-hydrogen) atoms. The van der Waals surface area contributed by atoms with E-state index in [4.69, 9.17) is 4.74 Å². The van der Waals surface area contributed by atoms with Crippen LogP contribution in [0.15, 0.2) is 42.5 Å². The average Bonchev–Trinajstić information content (AvgIpc) is 2.76. The first-order chi connectivity index (χ1) is 15.6. The van der Waals surface area contributed by atoms with Crippen LogP contribution in [0.4, 0.5) is 22.0 Å². The highest BCUT2D eigenvalue weighted by atomic mass is 19.4. The van der Waals surface area contributed by atoms with Crippen LogP contribution in [0.3, 0.4) is 0 Å². The van der Waals surface area contributed by atoms with Crippen LogP contribution < -0.4 is 9.47 Å². The van der Waals surface area contributed by atoms with Crippen molar-refractivity contribution in [2.45, 2.75) is 51.8 Å². The molecule has 0 radical (unpaired) electrons. The van der Waals surface area contributed by atoms with E-state index in [-0.39, 0.29) is 5.56 Å². The number of ether oxygens (including phenoxy) is 2. The predicted molar refractivity (Wildman–Crippen MR) is 114 cm³/mol. The molecule has 3 nitrogen and oxygen atoms in total. The summed E-state index contributed by atoms with van der Waals surface area (Å²) in [5, 5.41) is 0. The molecule has 1 fully saturated rings. The Morgan fingerprint density at radius 3 is 2.18 bits per heavy atom. The third-order valence-corrected chi connectivity index (χ3v) is 5.70. The first kappa shape index (κ1) is 24.7. The molecule has 0 atom stereocenters. The number of hydrogen-bond donors (Lipinski definition) is 0. The van der Waals surface area contributed by atoms with E-state index in [9.17, 15) is 26.7 Å². The zero-order valence-corrected chi connectivity index (χ0v) is 18.1. The van der Waals surface area contributed by atoms with Gasteiger partial charge in [0, 0.05) is 12.1 Å². The first-order valence-electron chi connectivity index (χ1n) is 10.9. The molecule has 1 aliphatic rings. The van der Waals surface area contributed by atoms with Gasteiger partial charge in [0.1, 0.15) is 5.75 Å². The fourth-order valence-electron chi connectivity index (χ4n) is 4.03. The summed E-state index contributed by atoms with van der Waals surface area (Å²) in [6.45, 7) is 2.21. The van der Waals surface area contributed by atoms with E-state index in [2.05, 4.69) is 17.7 Å². The van der Waals surface area contributed by atoms with E-state index < -0.39 is 35.5 Å². The van der Waals surface area contributed by atoms with Crippen molar-refractivity contribution >= 4 is 12.0 Å². The molecule has 2 aromatic rings. The number of benzene rings is 2. The summed E-state index contributed by atoms with van der Waals surface area (Å²) in [5.41, 5.74) is 1.02. The number of alkyl halides is 3. The van der Waals surface area contributed by atoms with Gasteiger partial charge in [-0.2, -0.15) is 0 Å². The molecule has 0 unspecified atom stereocenters. The maximum absolute atomic E-state index is 13.8. The number of allylic oxidation sites excluding steroid dienone is 1. The quantitative estimate of drug-likeness (QED) is 0.237. The van der Waals surface area contributed by atoms with Crippen molar-refractivity contribution < 1.29 is 36.2 Å². The SMILES string of the molecule is CCCC1CCC(C=Cc2ccc(C(=O)Oc3cc(F)c(OC(F)(F)F)c(F)c3)cc2)CC1. The van der Waals surface area contributed by atoms with Crippen LogP contribution in [0, 0.1) is 23.5 Å². The van der Waals surface area contributed by atoms with Gasteiger partial charge in [0.25, 0.3) is 0 Å². The Morgan fingerprint density at radius 2 is 1.64 bits per heavy atom. The number of carbonyl (C=O) groups excluding carboxylic acids is 1. The molecular formula is C25H25F5O3. The smallest absolute Gasteiger partial charge is 0.423 e. The van der Waals surface area contributed by atoms with Gasteiger partial charge < -0.3 is 9.47 Å². The lowest BCUT2D eigenvalue weighted by molar-refractivity contribution is -0.276. The summed E-state index contributed by atoms with van der Waals surface area (Å²) >= 11 is 0. The topological polar surface area (TPSA) is 35.5 Å². The lowest BCUT2D eigenvalue weighted by atomic mass is 9.80. The maximum Gasteiger partial charge on any atom is 0.573 e. The number of carbonyl (C=O) groups is 1. The molecule has 178 valence electrons. The van der Waals surface area contributed by atoms with Gasteiger partial charge in [0.2, 0.25) is 5.75 Å². The normalized spacial score (nSPS) is 19.0. The fourth-order valence-corrected chi connectivity index (χ4v) is 4.03. The Morgan fingerprint density at radius 1 is 1.03 bits per heavy atom. The zero-order valence-electron chi connectivity index (χ0n) is 18.1. The molecule has 0 heterocycles. The highest BCUT2D eigenvalue weighted by Crippen LogP contribution is 2.33. The monoisotopic (exact) mass is 468 g/mol. The zero-order chi connectivity index (χ0) is 24.0. The van der Waals surface area contributed by atoms with Gasteiger partial charge >= 0.3 is 12.3 Å².